The minimum Gasteiger partial charge on any atom is -0.325 e. The number of aryl methyl sites for hydroxylation is 1. The molecule has 0 radical (unpaired) electrons. The highest BCUT2D eigenvalue weighted by Crippen LogP contribution is 2.53. The van der Waals surface area contributed by atoms with E-state index in [-0.39, 0.29) is 12.2 Å². The monoisotopic (exact) mass is 577 g/mol. The summed E-state index contributed by atoms with van der Waals surface area (Å²) >= 11 is 1.98. The van der Waals surface area contributed by atoms with Crippen molar-refractivity contribution in [3.63, 3.8) is 0 Å². The average Bonchev–Trinajstić information content (AvgIpc) is 3.36. The summed E-state index contributed by atoms with van der Waals surface area (Å²) in [6.07, 6.45) is 0. The van der Waals surface area contributed by atoms with Crippen LogP contribution in [0.5, 0.6) is 0 Å². The van der Waals surface area contributed by atoms with Gasteiger partial charge in [0.2, 0.25) is 17.7 Å². The van der Waals surface area contributed by atoms with Crippen LogP contribution in [0.1, 0.15) is 21.9 Å². The van der Waals surface area contributed by atoms with Gasteiger partial charge in [-0.05, 0) is 66.6 Å². The lowest BCUT2D eigenvalue weighted by Gasteiger charge is -2.30. The number of aromatic nitrogens is 1. The standard InChI is InChI=1S/C29H21F2N3O4S2/c1-15-3-2-4-19(13-15)32-21(35)14-33-28-25(40-29(33)38)22(16-5-7-17(30)8-6-16)23-24(39-28)27(37)34(26(23)36)20-11-9-18(31)10-12-20/h2-13,22-24H,14H2,1H3,(H,32,35). The highest BCUT2D eigenvalue weighted by atomic mass is 32.2. The quantitative estimate of drug-likeness (QED) is 0.340. The van der Waals surface area contributed by atoms with Crippen molar-refractivity contribution in [1.82, 2.24) is 4.57 Å². The average molecular weight is 578 g/mol. The molecule has 6 rings (SSSR count). The minimum atomic E-state index is -0.903. The molecule has 0 aliphatic carbocycles. The van der Waals surface area contributed by atoms with E-state index in [0.717, 1.165) is 33.6 Å². The number of nitrogens with zero attached hydrogens (tertiary/aromatic N) is 2. The third-order valence-corrected chi connectivity index (χ3v) is 9.57. The zero-order valence-electron chi connectivity index (χ0n) is 21.0. The Hall–Kier alpha value is -4.09. The van der Waals surface area contributed by atoms with Crippen molar-refractivity contribution >= 4 is 52.2 Å². The van der Waals surface area contributed by atoms with E-state index in [1.165, 1.54) is 53.1 Å². The number of amides is 3. The van der Waals surface area contributed by atoms with Crippen LogP contribution in [0, 0.1) is 24.5 Å². The highest BCUT2D eigenvalue weighted by molar-refractivity contribution is 8.00. The van der Waals surface area contributed by atoms with Gasteiger partial charge in [-0.3, -0.25) is 23.7 Å². The molecule has 3 aromatic carbocycles. The number of thiazole rings is 1. The number of hydrogen-bond donors (Lipinski definition) is 1. The van der Waals surface area contributed by atoms with Crippen LogP contribution in [-0.2, 0) is 20.9 Å². The van der Waals surface area contributed by atoms with Gasteiger partial charge in [0.1, 0.15) is 23.4 Å². The van der Waals surface area contributed by atoms with E-state index in [4.69, 9.17) is 0 Å². The van der Waals surface area contributed by atoms with Gasteiger partial charge in [0, 0.05) is 16.5 Å². The summed E-state index contributed by atoms with van der Waals surface area (Å²) in [6.45, 7) is 1.61. The summed E-state index contributed by atoms with van der Waals surface area (Å²) in [5, 5.41) is 2.32. The fourth-order valence-electron chi connectivity index (χ4n) is 5.20. The lowest BCUT2D eigenvalue weighted by Crippen LogP contribution is -2.33. The second-order valence-electron chi connectivity index (χ2n) is 9.62. The number of fused-ring (bicyclic) bond motifs is 2. The van der Waals surface area contributed by atoms with Crippen molar-refractivity contribution < 1.29 is 23.2 Å². The molecule has 0 spiro atoms. The number of hydrogen-bond acceptors (Lipinski definition) is 6. The molecule has 1 saturated heterocycles. The lowest BCUT2D eigenvalue weighted by molar-refractivity contribution is -0.122. The number of halogens is 2. The van der Waals surface area contributed by atoms with Crippen LogP contribution in [0.2, 0.25) is 0 Å². The molecule has 3 heterocycles. The molecule has 1 aromatic heterocycles. The van der Waals surface area contributed by atoms with Crippen molar-refractivity contribution in [3.05, 3.63) is 110 Å². The van der Waals surface area contributed by atoms with Gasteiger partial charge in [-0.15, -0.1) is 0 Å². The van der Waals surface area contributed by atoms with Gasteiger partial charge >= 0.3 is 4.87 Å². The number of benzene rings is 3. The van der Waals surface area contributed by atoms with E-state index < -0.39 is 51.3 Å². The van der Waals surface area contributed by atoms with Gasteiger partial charge < -0.3 is 5.32 Å². The summed E-state index contributed by atoms with van der Waals surface area (Å²) in [5.41, 5.74) is 2.35. The summed E-state index contributed by atoms with van der Waals surface area (Å²) in [4.78, 5) is 54.8. The maximum absolute atomic E-state index is 13.8. The van der Waals surface area contributed by atoms with E-state index in [9.17, 15) is 28.0 Å². The van der Waals surface area contributed by atoms with Gasteiger partial charge in [0.15, 0.2) is 0 Å². The summed E-state index contributed by atoms with van der Waals surface area (Å²) in [6, 6.07) is 17.9. The van der Waals surface area contributed by atoms with Crippen molar-refractivity contribution in [3.8, 4) is 0 Å². The maximum atomic E-state index is 13.8. The number of imide groups is 1. The van der Waals surface area contributed by atoms with Gasteiger partial charge in [-0.1, -0.05) is 47.4 Å². The van der Waals surface area contributed by atoms with E-state index >= 15 is 0 Å². The zero-order chi connectivity index (χ0) is 28.1. The first-order chi connectivity index (χ1) is 19.2. The predicted octanol–water partition coefficient (Wildman–Crippen LogP) is 4.93. The second-order valence-corrected chi connectivity index (χ2v) is 11.7. The molecule has 1 N–H and O–H groups in total. The van der Waals surface area contributed by atoms with Crippen LogP contribution in [0.15, 0.2) is 82.6 Å². The Kier molecular flexibility index (Phi) is 6.63. The van der Waals surface area contributed by atoms with Crippen molar-refractivity contribution in [2.24, 2.45) is 5.92 Å². The number of carbonyl (C=O) groups excluding carboxylic acids is 3. The Morgan fingerprint density at radius 1 is 0.925 bits per heavy atom. The van der Waals surface area contributed by atoms with Gasteiger partial charge in [0.05, 0.1) is 16.6 Å². The van der Waals surface area contributed by atoms with Crippen molar-refractivity contribution in [2.45, 2.75) is 29.7 Å². The summed E-state index contributed by atoms with van der Waals surface area (Å²) in [7, 11) is 0. The molecule has 11 heteroatoms. The molecule has 3 amide bonds. The number of rotatable bonds is 5. The molecule has 3 atom stereocenters. The molecular weight excluding hydrogens is 556 g/mol. The van der Waals surface area contributed by atoms with Crippen LogP contribution in [-0.4, -0.2) is 27.5 Å². The number of anilines is 2. The van der Waals surface area contributed by atoms with Gasteiger partial charge in [-0.25, -0.2) is 13.7 Å². The zero-order valence-corrected chi connectivity index (χ0v) is 22.6. The summed E-state index contributed by atoms with van der Waals surface area (Å²) < 4.78 is 28.7. The van der Waals surface area contributed by atoms with Crippen LogP contribution >= 0.6 is 23.1 Å². The van der Waals surface area contributed by atoms with Crippen LogP contribution < -0.4 is 15.1 Å². The van der Waals surface area contributed by atoms with Gasteiger partial charge in [0.25, 0.3) is 0 Å². The Morgan fingerprint density at radius 3 is 2.27 bits per heavy atom. The Labute approximate surface area is 235 Å². The van der Waals surface area contributed by atoms with Crippen LogP contribution in [0.25, 0.3) is 0 Å². The number of thioether (sulfide) groups is 1. The Morgan fingerprint density at radius 2 is 1.60 bits per heavy atom. The van der Waals surface area contributed by atoms with E-state index in [0.29, 0.717) is 21.2 Å². The molecule has 7 nitrogen and oxygen atoms in total. The minimum absolute atomic E-state index is 0.238. The lowest BCUT2D eigenvalue weighted by atomic mass is 9.83. The molecule has 4 aromatic rings. The molecule has 3 unspecified atom stereocenters. The molecule has 0 saturated carbocycles. The highest BCUT2D eigenvalue weighted by Gasteiger charge is 2.56. The van der Waals surface area contributed by atoms with E-state index in [1.807, 2.05) is 19.1 Å². The van der Waals surface area contributed by atoms with E-state index in [1.54, 1.807) is 12.1 Å². The number of nitrogens with one attached hydrogen (secondary N) is 1. The summed E-state index contributed by atoms with van der Waals surface area (Å²) in [5.74, 6) is -3.98. The Bertz CT molecular complexity index is 1720. The fourth-order valence-corrected chi connectivity index (χ4v) is 7.97. The van der Waals surface area contributed by atoms with Gasteiger partial charge in [-0.2, -0.15) is 0 Å². The maximum Gasteiger partial charge on any atom is 0.308 e. The molecule has 202 valence electrons. The normalized spacial score (nSPS) is 19.9. The third-order valence-electron chi connectivity index (χ3n) is 6.97. The first kappa shape index (κ1) is 26.1. The third kappa shape index (κ3) is 4.54. The molecule has 1 fully saturated rings. The van der Waals surface area contributed by atoms with Crippen LogP contribution in [0.4, 0.5) is 20.2 Å². The first-order valence-corrected chi connectivity index (χ1v) is 14.1. The fraction of sp³-hybridized carbons (Fsp3) is 0.172. The van der Waals surface area contributed by atoms with Crippen LogP contribution in [0.3, 0.4) is 0 Å². The topological polar surface area (TPSA) is 88.5 Å². The molecule has 2 aliphatic heterocycles. The second kappa shape index (κ2) is 10.1. The van der Waals surface area contributed by atoms with E-state index in [2.05, 4.69) is 5.32 Å². The smallest absolute Gasteiger partial charge is 0.308 e. The SMILES string of the molecule is Cc1cccc(NC(=O)Cn2c3c(sc2=O)C(c2ccc(F)cc2)C2C(=O)N(c4ccc(F)cc4)C(=O)C2S3)c1. The largest absolute Gasteiger partial charge is 0.325 e. The molecular formula is C29H21F2N3O4S2. The molecule has 0 bridgehead atoms. The number of carbonyl (C=O) groups is 3. The molecule has 2 aliphatic rings. The van der Waals surface area contributed by atoms with Crippen molar-refractivity contribution in [2.75, 3.05) is 10.2 Å². The first-order valence-electron chi connectivity index (χ1n) is 12.4. The van der Waals surface area contributed by atoms with Crippen molar-refractivity contribution in [1.29, 1.82) is 0 Å². The Balaban J connectivity index is 1.41. The predicted molar refractivity (Wildman–Crippen MR) is 149 cm³/mol. The molecule has 40 heavy (non-hydrogen) atoms.